The molecule has 0 spiro atoms. The molecular formula is C25H18ClF3N4O5. The van der Waals surface area contributed by atoms with Crippen LogP contribution in [0.2, 0.25) is 5.02 Å². The molecular weight excluding hydrogens is 529 g/mol. The molecule has 0 radical (unpaired) electrons. The van der Waals surface area contributed by atoms with Crippen LogP contribution in [0.1, 0.15) is 22.6 Å². The molecule has 13 heteroatoms. The summed E-state index contributed by atoms with van der Waals surface area (Å²) in [5.74, 6) is -1.67. The zero-order valence-electron chi connectivity index (χ0n) is 19.6. The van der Waals surface area contributed by atoms with Crippen LogP contribution in [0.4, 0.5) is 18.9 Å². The molecule has 2 heterocycles. The van der Waals surface area contributed by atoms with E-state index in [0.29, 0.717) is 28.2 Å². The van der Waals surface area contributed by atoms with Gasteiger partial charge in [-0.3, -0.25) is 19.5 Å². The number of aromatic nitrogens is 2. The van der Waals surface area contributed by atoms with Gasteiger partial charge in [0, 0.05) is 29.9 Å². The smallest absolute Gasteiger partial charge is 0.417 e. The number of rotatable bonds is 8. The average Bonchev–Trinajstić information content (AvgIpc) is 3.27. The number of oxime groups is 1. The lowest BCUT2D eigenvalue weighted by molar-refractivity contribution is -0.384. The second-order valence-electron chi connectivity index (χ2n) is 7.95. The van der Waals surface area contributed by atoms with Gasteiger partial charge in [-0.15, -0.1) is 0 Å². The molecule has 0 amide bonds. The highest BCUT2D eigenvalue weighted by Gasteiger charge is 2.32. The Kier molecular flexibility index (Phi) is 7.62. The van der Waals surface area contributed by atoms with Gasteiger partial charge in [0.1, 0.15) is 12.5 Å². The highest BCUT2D eigenvalue weighted by atomic mass is 35.5. The first-order valence-electron chi connectivity index (χ1n) is 10.9. The van der Waals surface area contributed by atoms with E-state index in [0.717, 1.165) is 6.07 Å². The first-order chi connectivity index (χ1) is 18.1. The van der Waals surface area contributed by atoms with Gasteiger partial charge in [-0.05, 0) is 35.4 Å². The van der Waals surface area contributed by atoms with E-state index >= 15 is 0 Å². The summed E-state index contributed by atoms with van der Waals surface area (Å²) in [5.41, 5.74) is 0.510. The molecule has 0 aliphatic heterocycles. The summed E-state index contributed by atoms with van der Waals surface area (Å²) < 4.78 is 45.7. The molecule has 4 aromatic rings. The van der Waals surface area contributed by atoms with E-state index in [4.69, 9.17) is 21.2 Å². The largest absolute Gasteiger partial charge is 0.468 e. The molecule has 0 aliphatic carbocycles. The molecule has 196 valence electrons. The summed E-state index contributed by atoms with van der Waals surface area (Å²) in [5, 5.41) is 15.0. The highest BCUT2D eigenvalue weighted by Crippen LogP contribution is 2.35. The maximum atomic E-state index is 13.1. The molecule has 0 saturated carbocycles. The number of hydrogen-bond acceptors (Lipinski definition) is 7. The van der Waals surface area contributed by atoms with Crippen LogP contribution < -0.4 is 0 Å². The number of hydrogen-bond donors (Lipinski definition) is 0. The number of carbonyl (C=O) groups excluding carboxylic acids is 1. The molecule has 38 heavy (non-hydrogen) atoms. The number of carbonyl (C=O) groups is 1. The van der Waals surface area contributed by atoms with Crippen molar-refractivity contribution in [2.75, 3.05) is 7.11 Å². The van der Waals surface area contributed by atoms with Gasteiger partial charge in [-0.25, -0.2) is 4.98 Å². The lowest BCUT2D eigenvalue weighted by Crippen LogP contribution is -2.15. The Balaban J connectivity index is 1.66. The molecule has 0 aliphatic rings. The van der Waals surface area contributed by atoms with Gasteiger partial charge in [0.05, 0.1) is 34.4 Å². The minimum Gasteiger partial charge on any atom is -0.468 e. The molecule has 4 rings (SSSR count). The number of nitrogens with zero attached hydrogens (tertiary/aromatic N) is 4. The second kappa shape index (κ2) is 10.9. The van der Waals surface area contributed by atoms with Crippen molar-refractivity contribution in [1.29, 1.82) is 0 Å². The van der Waals surface area contributed by atoms with E-state index in [2.05, 4.69) is 10.1 Å². The molecule has 0 bridgehead atoms. The minimum atomic E-state index is -4.61. The van der Waals surface area contributed by atoms with E-state index in [1.807, 2.05) is 0 Å². The molecule has 1 atom stereocenters. The third-order valence-corrected chi connectivity index (χ3v) is 5.85. The number of halogens is 4. The van der Waals surface area contributed by atoms with Crippen LogP contribution in [0.5, 0.6) is 0 Å². The number of fused-ring (bicyclic) bond motifs is 1. The SMILES string of the molecule is COC(=O)[C@H](/C=N\OCc1ccc([N+](=O)[O-])cc1)c1cn(-c2ncc(C(F)(F)F)cc2Cl)c2ccccc12. The standard InChI is InChI=1S/C25H18ClF3N4O5/c1-37-24(34)19(12-31-38-14-15-6-8-17(9-7-15)33(35)36)20-13-32(22-5-3-2-4-18(20)22)23-21(26)10-16(11-30-23)25(27,28)29/h2-13,19H,14H2,1H3/b31-12-/t19-/m1/s1. The Hall–Kier alpha value is -4.45. The molecule has 9 nitrogen and oxygen atoms in total. The lowest BCUT2D eigenvalue weighted by atomic mass is 10.00. The molecule has 0 N–H and O–H groups in total. The fraction of sp³-hybridized carbons (Fsp3) is 0.160. The summed E-state index contributed by atoms with van der Waals surface area (Å²) >= 11 is 6.18. The Morgan fingerprint density at radius 3 is 2.58 bits per heavy atom. The van der Waals surface area contributed by atoms with Crippen molar-refractivity contribution in [2.24, 2.45) is 5.16 Å². The normalized spacial score (nSPS) is 12.6. The summed E-state index contributed by atoms with van der Waals surface area (Å²) in [4.78, 5) is 32.1. The fourth-order valence-electron chi connectivity index (χ4n) is 3.72. The van der Waals surface area contributed by atoms with Gasteiger partial charge in [0.25, 0.3) is 5.69 Å². The molecule has 0 fully saturated rings. The zero-order chi connectivity index (χ0) is 27.4. The third-order valence-electron chi connectivity index (χ3n) is 5.57. The van der Waals surface area contributed by atoms with Crippen molar-refractivity contribution in [2.45, 2.75) is 18.7 Å². The van der Waals surface area contributed by atoms with Crippen LogP contribution in [-0.2, 0) is 27.2 Å². The van der Waals surface area contributed by atoms with Crippen molar-refractivity contribution in [3.63, 3.8) is 0 Å². The van der Waals surface area contributed by atoms with Crippen molar-refractivity contribution in [3.8, 4) is 5.82 Å². The number of benzene rings is 2. The van der Waals surface area contributed by atoms with Gasteiger partial charge < -0.3 is 9.57 Å². The minimum absolute atomic E-state index is 0.0186. The van der Waals surface area contributed by atoms with Crippen LogP contribution in [0, 0.1) is 10.1 Å². The van der Waals surface area contributed by atoms with Crippen LogP contribution in [0.3, 0.4) is 0 Å². The number of pyridine rings is 1. The number of nitro benzene ring substituents is 1. The van der Waals surface area contributed by atoms with Gasteiger partial charge >= 0.3 is 12.1 Å². The number of alkyl halides is 3. The van der Waals surface area contributed by atoms with Crippen LogP contribution in [0.15, 0.2) is 72.1 Å². The fourth-order valence-corrected chi connectivity index (χ4v) is 3.97. The summed E-state index contributed by atoms with van der Waals surface area (Å²) in [6.45, 7) is -0.0186. The maximum absolute atomic E-state index is 13.1. The first kappa shape index (κ1) is 26.6. The van der Waals surface area contributed by atoms with Crippen LogP contribution in [-0.4, -0.2) is 33.8 Å². The van der Waals surface area contributed by atoms with Gasteiger partial charge in [-0.1, -0.05) is 35.0 Å². The summed E-state index contributed by atoms with van der Waals surface area (Å²) in [6, 6.07) is 13.3. The predicted molar refractivity (Wildman–Crippen MR) is 132 cm³/mol. The molecule has 0 unspecified atom stereocenters. The third kappa shape index (κ3) is 5.59. The first-order valence-corrected chi connectivity index (χ1v) is 11.3. The molecule has 2 aromatic heterocycles. The number of nitro groups is 1. The zero-order valence-corrected chi connectivity index (χ0v) is 20.3. The van der Waals surface area contributed by atoms with Crippen LogP contribution >= 0.6 is 11.6 Å². The topological polar surface area (TPSA) is 109 Å². The Labute approximate surface area is 218 Å². The van der Waals surface area contributed by atoms with Crippen LogP contribution in [0.25, 0.3) is 16.7 Å². The predicted octanol–water partition coefficient (Wildman–Crippen LogP) is 6.07. The van der Waals surface area contributed by atoms with Gasteiger partial charge in [0.2, 0.25) is 0 Å². The molecule has 0 saturated heterocycles. The second-order valence-corrected chi connectivity index (χ2v) is 8.36. The maximum Gasteiger partial charge on any atom is 0.417 e. The van der Waals surface area contributed by atoms with Crippen molar-refractivity contribution in [3.05, 3.63) is 98.8 Å². The summed E-state index contributed by atoms with van der Waals surface area (Å²) in [7, 11) is 1.20. The van der Waals surface area contributed by atoms with E-state index in [1.165, 1.54) is 48.4 Å². The monoisotopic (exact) mass is 546 g/mol. The van der Waals surface area contributed by atoms with E-state index < -0.39 is 28.6 Å². The quantitative estimate of drug-likeness (QED) is 0.115. The number of para-hydroxylation sites is 1. The highest BCUT2D eigenvalue weighted by molar-refractivity contribution is 6.32. The van der Waals surface area contributed by atoms with E-state index in [-0.39, 0.29) is 23.1 Å². The number of methoxy groups -OCH3 is 1. The van der Waals surface area contributed by atoms with E-state index in [1.54, 1.807) is 24.3 Å². The Bertz CT molecular complexity index is 1520. The summed E-state index contributed by atoms with van der Waals surface area (Å²) in [6.07, 6.45) is -1.18. The van der Waals surface area contributed by atoms with Crippen molar-refractivity contribution >= 4 is 40.4 Å². The van der Waals surface area contributed by atoms with Crippen molar-refractivity contribution in [1.82, 2.24) is 9.55 Å². The van der Waals surface area contributed by atoms with E-state index in [9.17, 15) is 28.1 Å². The number of non-ortho nitro benzene ring substituents is 1. The Morgan fingerprint density at radius 1 is 1.24 bits per heavy atom. The lowest BCUT2D eigenvalue weighted by Gasteiger charge is -2.11. The van der Waals surface area contributed by atoms with Crippen molar-refractivity contribution < 1.29 is 32.5 Å². The average molecular weight is 547 g/mol. The number of ether oxygens (including phenoxy) is 1. The van der Waals surface area contributed by atoms with Gasteiger partial charge in [-0.2, -0.15) is 13.2 Å². The van der Waals surface area contributed by atoms with Gasteiger partial charge in [0.15, 0.2) is 5.82 Å². The molecule has 2 aromatic carbocycles. The Morgan fingerprint density at radius 2 is 1.95 bits per heavy atom. The number of esters is 1.